The number of pyridine rings is 1. The minimum Gasteiger partial charge on any atom is -0.465 e. The SMILES string of the molecule is COC(=O)c1cnc(/C=N/SC(C)(C)C)c(F)c1. The van der Waals surface area contributed by atoms with Crippen molar-refractivity contribution in [2.45, 2.75) is 25.5 Å². The molecule has 0 spiro atoms. The topological polar surface area (TPSA) is 51.5 Å². The van der Waals surface area contributed by atoms with Crippen LogP contribution in [0.5, 0.6) is 0 Å². The summed E-state index contributed by atoms with van der Waals surface area (Å²) in [5.41, 5.74) is 0.176. The van der Waals surface area contributed by atoms with Crippen molar-refractivity contribution in [3.05, 3.63) is 29.3 Å². The summed E-state index contributed by atoms with van der Waals surface area (Å²) in [4.78, 5) is 15.0. The molecule has 1 aromatic heterocycles. The standard InChI is InChI=1S/C12H15FN2O2S/c1-12(2,3)18-15-7-10-9(13)5-8(6-14-10)11(16)17-4/h5-7H,1-4H3/b15-7+. The van der Waals surface area contributed by atoms with Crippen LogP contribution in [0.2, 0.25) is 0 Å². The maximum Gasteiger partial charge on any atom is 0.339 e. The van der Waals surface area contributed by atoms with Gasteiger partial charge in [0.25, 0.3) is 0 Å². The van der Waals surface area contributed by atoms with Crippen LogP contribution in [0.3, 0.4) is 0 Å². The van der Waals surface area contributed by atoms with E-state index in [0.717, 1.165) is 6.07 Å². The van der Waals surface area contributed by atoms with Crippen LogP contribution >= 0.6 is 11.9 Å². The summed E-state index contributed by atoms with van der Waals surface area (Å²) in [5, 5.41) is 0. The highest BCUT2D eigenvalue weighted by Crippen LogP contribution is 2.23. The molecule has 0 unspecified atom stereocenters. The Kier molecular flexibility index (Phi) is 4.84. The number of hydrogen-bond acceptors (Lipinski definition) is 5. The Balaban J connectivity index is 2.83. The third kappa shape index (κ3) is 4.44. The highest BCUT2D eigenvalue weighted by Gasteiger charge is 2.11. The zero-order valence-electron chi connectivity index (χ0n) is 10.7. The number of carbonyl (C=O) groups is 1. The first-order valence-corrected chi connectivity index (χ1v) is 6.06. The molecule has 6 heteroatoms. The molecule has 0 aromatic carbocycles. The number of ether oxygens (including phenoxy) is 1. The fourth-order valence-electron chi connectivity index (χ4n) is 1.01. The average molecular weight is 270 g/mol. The van der Waals surface area contributed by atoms with Gasteiger partial charge in [-0.05, 0) is 38.8 Å². The lowest BCUT2D eigenvalue weighted by Gasteiger charge is -2.12. The molecule has 1 heterocycles. The van der Waals surface area contributed by atoms with Gasteiger partial charge in [-0.3, -0.25) is 4.98 Å². The van der Waals surface area contributed by atoms with Crippen molar-refractivity contribution >= 4 is 24.1 Å². The van der Waals surface area contributed by atoms with Gasteiger partial charge in [0.1, 0.15) is 5.69 Å². The Morgan fingerprint density at radius 2 is 2.22 bits per heavy atom. The third-order valence-electron chi connectivity index (χ3n) is 1.79. The predicted molar refractivity (Wildman–Crippen MR) is 70.5 cm³/mol. The molecule has 0 aliphatic heterocycles. The molecule has 0 aliphatic rings. The van der Waals surface area contributed by atoms with E-state index >= 15 is 0 Å². The molecule has 0 amide bonds. The summed E-state index contributed by atoms with van der Waals surface area (Å²) >= 11 is 1.32. The smallest absolute Gasteiger partial charge is 0.339 e. The van der Waals surface area contributed by atoms with Crippen LogP contribution in [0.1, 0.15) is 36.8 Å². The second kappa shape index (κ2) is 5.95. The average Bonchev–Trinajstić information content (AvgIpc) is 2.28. The van der Waals surface area contributed by atoms with Gasteiger partial charge < -0.3 is 4.74 Å². The Labute approximate surface area is 110 Å². The quantitative estimate of drug-likeness (QED) is 0.481. The van der Waals surface area contributed by atoms with E-state index in [1.807, 2.05) is 20.8 Å². The van der Waals surface area contributed by atoms with Gasteiger partial charge in [0.05, 0.1) is 18.9 Å². The monoisotopic (exact) mass is 270 g/mol. The molecule has 18 heavy (non-hydrogen) atoms. The fourth-order valence-corrected chi connectivity index (χ4v) is 1.48. The number of aromatic nitrogens is 1. The first-order chi connectivity index (χ1) is 8.33. The second-order valence-corrected chi connectivity index (χ2v) is 6.14. The Bertz CT molecular complexity index is 470. The van der Waals surface area contributed by atoms with Crippen molar-refractivity contribution in [1.29, 1.82) is 0 Å². The molecule has 0 bridgehead atoms. The number of nitrogens with zero attached hydrogens (tertiary/aromatic N) is 2. The highest BCUT2D eigenvalue weighted by atomic mass is 32.2. The van der Waals surface area contributed by atoms with Crippen LogP contribution in [0.15, 0.2) is 16.7 Å². The minimum atomic E-state index is -0.617. The van der Waals surface area contributed by atoms with Crippen LogP contribution in [0, 0.1) is 5.82 Å². The summed E-state index contributed by atoms with van der Waals surface area (Å²) in [7, 11) is 1.23. The van der Waals surface area contributed by atoms with Crippen molar-refractivity contribution in [2.75, 3.05) is 7.11 Å². The van der Waals surface area contributed by atoms with Gasteiger partial charge >= 0.3 is 5.97 Å². The highest BCUT2D eigenvalue weighted by molar-refractivity contribution is 7.99. The number of methoxy groups -OCH3 is 1. The van der Waals surface area contributed by atoms with E-state index in [4.69, 9.17) is 0 Å². The molecule has 0 radical (unpaired) electrons. The van der Waals surface area contributed by atoms with E-state index in [-0.39, 0.29) is 16.0 Å². The number of carbonyl (C=O) groups excluding carboxylic acids is 1. The largest absolute Gasteiger partial charge is 0.465 e. The summed E-state index contributed by atoms with van der Waals surface area (Å²) in [6.07, 6.45) is 2.60. The maximum absolute atomic E-state index is 13.6. The normalized spacial score (nSPS) is 11.8. The zero-order valence-corrected chi connectivity index (χ0v) is 11.5. The maximum atomic E-state index is 13.6. The third-order valence-corrected chi connectivity index (χ3v) is 2.55. The first-order valence-electron chi connectivity index (χ1n) is 5.29. The predicted octanol–water partition coefficient (Wildman–Crippen LogP) is 2.87. The van der Waals surface area contributed by atoms with E-state index < -0.39 is 11.8 Å². The summed E-state index contributed by atoms with van der Waals surface area (Å²) in [6.45, 7) is 6.00. The molecule has 1 aromatic rings. The molecule has 0 fully saturated rings. The van der Waals surface area contributed by atoms with Crippen molar-refractivity contribution in [3.63, 3.8) is 0 Å². The van der Waals surface area contributed by atoms with Crippen LogP contribution in [0.4, 0.5) is 4.39 Å². The van der Waals surface area contributed by atoms with E-state index in [1.54, 1.807) is 0 Å². The van der Waals surface area contributed by atoms with Crippen molar-refractivity contribution < 1.29 is 13.9 Å². The number of esters is 1. The van der Waals surface area contributed by atoms with Gasteiger partial charge in [-0.2, -0.15) is 0 Å². The van der Waals surface area contributed by atoms with Gasteiger partial charge in [-0.1, -0.05) is 0 Å². The van der Waals surface area contributed by atoms with Crippen LogP contribution < -0.4 is 0 Å². The minimum absolute atomic E-state index is 0.0427. The van der Waals surface area contributed by atoms with Crippen molar-refractivity contribution in [2.24, 2.45) is 4.40 Å². The van der Waals surface area contributed by atoms with Gasteiger partial charge in [0, 0.05) is 10.9 Å². The Hall–Kier alpha value is -1.43. The molecule has 0 saturated carbocycles. The molecule has 0 saturated heterocycles. The first kappa shape index (κ1) is 14.6. The summed E-state index contributed by atoms with van der Waals surface area (Å²) < 4.78 is 22.1. The van der Waals surface area contributed by atoms with Crippen molar-refractivity contribution in [1.82, 2.24) is 4.98 Å². The zero-order chi connectivity index (χ0) is 13.8. The fraction of sp³-hybridized carbons (Fsp3) is 0.417. The Morgan fingerprint density at radius 3 is 2.72 bits per heavy atom. The van der Waals surface area contributed by atoms with Crippen LogP contribution in [-0.2, 0) is 4.74 Å². The molecular formula is C12H15FN2O2S. The van der Waals surface area contributed by atoms with Gasteiger partial charge in [-0.15, -0.1) is 0 Å². The molecule has 0 aliphatic carbocycles. The molecule has 1 rings (SSSR count). The number of rotatable bonds is 3. The number of halogens is 1. The van der Waals surface area contributed by atoms with Gasteiger partial charge in [-0.25, -0.2) is 13.6 Å². The lowest BCUT2D eigenvalue weighted by atomic mass is 10.2. The van der Waals surface area contributed by atoms with Gasteiger partial charge in [0.15, 0.2) is 5.82 Å². The van der Waals surface area contributed by atoms with E-state index in [2.05, 4.69) is 14.1 Å². The lowest BCUT2D eigenvalue weighted by Crippen LogP contribution is -2.06. The lowest BCUT2D eigenvalue weighted by molar-refractivity contribution is 0.0599. The number of hydrogen-bond donors (Lipinski definition) is 0. The van der Waals surface area contributed by atoms with E-state index in [0.29, 0.717) is 0 Å². The second-order valence-electron chi connectivity index (χ2n) is 4.52. The molecule has 0 N–H and O–H groups in total. The molecule has 4 nitrogen and oxygen atoms in total. The summed E-state index contributed by atoms with van der Waals surface area (Å²) in [6, 6.07) is 1.09. The molecule has 98 valence electrons. The molecule has 0 atom stereocenters. The Morgan fingerprint density at radius 1 is 1.56 bits per heavy atom. The van der Waals surface area contributed by atoms with Crippen LogP contribution in [-0.4, -0.2) is 29.0 Å². The van der Waals surface area contributed by atoms with E-state index in [1.165, 1.54) is 31.5 Å². The van der Waals surface area contributed by atoms with Crippen LogP contribution in [0.25, 0.3) is 0 Å². The summed E-state index contributed by atoms with van der Waals surface area (Å²) in [5.74, 6) is -1.22. The van der Waals surface area contributed by atoms with E-state index in [9.17, 15) is 9.18 Å². The van der Waals surface area contributed by atoms with Crippen molar-refractivity contribution in [3.8, 4) is 0 Å². The van der Waals surface area contributed by atoms with Gasteiger partial charge in [0.2, 0.25) is 0 Å². The molecular weight excluding hydrogens is 255 g/mol.